The van der Waals surface area contributed by atoms with Gasteiger partial charge in [-0.05, 0) is 24.7 Å². The molecule has 1 aromatic carbocycles. The summed E-state index contributed by atoms with van der Waals surface area (Å²) in [6.45, 7) is 7.59. The number of aromatic nitrogens is 2. The van der Waals surface area contributed by atoms with E-state index in [1.165, 1.54) is 12.0 Å². The first kappa shape index (κ1) is 16.8. The number of hydrogen-bond acceptors (Lipinski definition) is 6. The van der Waals surface area contributed by atoms with Crippen LogP contribution in [0.5, 0.6) is 0 Å². The van der Waals surface area contributed by atoms with E-state index in [0.29, 0.717) is 10.8 Å². The summed E-state index contributed by atoms with van der Waals surface area (Å²) in [5.41, 5.74) is 2.01. The minimum Gasteiger partial charge on any atom is -0.373 e. The molecule has 2 aromatic rings. The maximum atomic E-state index is 6.47. The van der Waals surface area contributed by atoms with Crippen LogP contribution in [0.4, 0.5) is 23.0 Å². The van der Waals surface area contributed by atoms with E-state index < -0.39 is 0 Å². The molecule has 0 amide bonds. The zero-order chi connectivity index (χ0) is 16.9. The molecule has 1 fully saturated rings. The number of nitrogens with zero attached hydrogens (tertiary/aromatic N) is 4. The van der Waals surface area contributed by atoms with E-state index in [1.807, 2.05) is 25.2 Å². The van der Waals surface area contributed by atoms with Crippen molar-refractivity contribution in [2.75, 3.05) is 55.3 Å². The molecule has 3 rings (SSSR count). The summed E-state index contributed by atoms with van der Waals surface area (Å²) < 4.78 is 0. The van der Waals surface area contributed by atoms with Crippen molar-refractivity contribution in [3.8, 4) is 0 Å². The van der Waals surface area contributed by atoms with Crippen molar-refractivity contribution in [1.29, 1.82) is 0 Å². The third kappa shape index (κ3) is 3.88. The zero-order valence-electron chi connectivity index (χ0n) is 14.1. The number of rotatable bonds is 5. The molecular formula is C17H23ClN6. The molecule has 0 atom stereocenters. The second-order valence-corrected chi connectivity index (χ2v) is 6.16. The predicted molar refractivity (Wildman–Crippen MR) is 101 cm³/mol. The fraction of sp³-hybridized carbons (Fsp3) is 0.412. The van der Waals surface area contributed by atoms with Crippen LogP contribution in [-0.4, -0.2) is 54.6 Å². The first-order valence-electron chi connectivity index (χ1n) is 8.23. The van der Waals surface area contributed by atoms with Gasteiger partial charge in [0.25, 0.3) is 0 Å². The fourth-order valence-corrected chi connectivity index (χ4v) is 3.05. The summed E-state index contributed by atoms with van der Waals surface area (Å²) in [7, 11) is 1.83. The van der Waals surface area contributed by atoms with Gasteiger partial charge in [-0.25, -0.2) is 9.97 Å². The third-order valence-corrected chi connectivity index (χ3v) is 4.64. The summed E-state index contributed by atoms with van der Waals surface area (Å²) in [5.74, 6) is 1.47. The summed E-state index contributed by atoms with van der Waals surface area (Å²) in [6, 6.07) is 7.97. The van der Waals surface area contributed by atoms with Gasteiger partial charge in [0.1, 0.15) is 18.0 Å². The Kier molecular flexibility index (Phi) is 5.37. The minimum absolute atomic E-state index is 0.690. The monoisotopic (exact) mass is 346 g/mol. The Morgan fingerprint density at radius 2 is 1.83 bits per heavy atom. The molecule has 0 unspecified atom stereocenters. The Balaban J connectivity index is 1.70. The van der Waals surface area contributed by atoms with Crippen LogP contribution in [0, 0.1) is 0 Å². The maximum Gasteiger partial charge on any atom is 0.135 e. The first-order chi connectivity index (χ1) is 11.7. The molecule has 0 aliphatic carbocycles. The van der Waals surface area contributed by atoms with Crippen LogP contribution in [0.1, 0.15) is 6.92 Å². The SMILES string of the molecule is CCN1CCN(c2ccc(Nc3cc(NC)ncn3)c(Cl)c2)CC1. The first-order valence-corrected chi connectivity index (χ1v) is 8.61. The molecule has 6 nitrogen and oxygen atoms in total. The Labute approximate surface area is 147 Å². The number of likely N-dealkylation sites (N-methyl/N-ethyl adjacent to an activating group) is 1. The van der Waals surface area contributed by atoms with Crippen LogP contribution in [-0.2, 0) is 0 Å². The number of nitrogens with one attached hydrogen (secondary N) is 2. The maximum absolute atomic E-state index is 6.47. The Morgan fingerprint density at radius 1 is 1.08 bits per heavy atom. The van der Waals surface area contributed by atoms with Crippen LogP contribution >= 0.6 is 11.6 Å². The largest absolute Gasteiger partial charge is 0.373 e. The van der Waals surface area contributed by atoms with Crippen molar-refractivity contribution in [2.45, 2.75) is 6.92 Å². The molecule has 24 heavy (non-hydrogen) atoms. The molecule has 2 heterocycles. The van der Waals surface area contributed by atoms with Crippen molar-refractivity contribution >= 4 is 34.6 Å². The Hall–Kier alpha value is -2.05. The van der Waals surface area contributed by atoms with Crippen molar-refractivity contribution in [2.24, 2.45) is 0 Å². The van der Waals surface area contributed by atoms with Gasteiger partial charge >= 0.3 is 0 Å². The van der Waals surface area contributed by atoms with Gasteiger partial charge in [-0.2, -0.15) is 0 Å². The van der Waals surface area contributed by atoms with Gasteiger partial charge in [0, 0.05) is 45.0 Å². The third-order valence-electron chi connectivity index (χ3n) is 4.32. The highest BCUT2D eigenvalue weighted by molar-refractivity contribution is 6.33. The summed E-state index contributed by atoms with van der Waals surface area (Å²) in [5, 5.41) is 6.93. The standard InChI is InChI=1S/C17H23ClN6/c1-3-23-6-8-24(9-7-23)13-4-5-15(14(18)10-13)22-17-11-16(19-2)20-12-21-17/h4-5,10-12H,3,6-9H2,1-2H3,(H2,19,20,21,22). The molecule has 7 heteroatoms. The molecular weight excluding hydrogens is 324 g/mol. The van der Waals surface area contributed by atoms with E-state index >= 15 is 0 Å². The van der Waals surface area contributed by atoms with Gasteiger partial charge in [0.15, 0.2) is 0 Å². The second kappa shape index (κ2) is 7.68. The summed E-state index contributed by atoms with van der Waals surface area (Å²) in [4.78, 5) is 13.2. The average molecular weight is 347 g/mol. The molecule has 128 valence electrons. The van der Waals surface area contributed by atoms with Gasteiger partial charge in [-0.3, -0.25) is 0 Å². The fourth-order valence-electron chi connectivity index (χ4n) is 2.82. The van der Waals surface area contributed by atoms with E-state index in [9.17, 15) is 0 Å². The molecule has 1 aromatic heterocycles. The molecule has 1 aliphatic heterocycles. The number of halogens is 1. The number of benzene rings is 1. The van der Waals surface area contributed by atoms with Gasteiger partial charge < -0.3 is 20.4 Å². The van der Waals surface area contributed by atoms with Crippen molar-refractivity contribution in [1.82, 2.24) is 14.9 Å². The van der Waals surface area contributed by atoms with E-state index in [0.717, 1.165) is 44.2 Å². The minimum atomic E-state index is 0.690. The van der Waals surface area contributed by atoms with E-state index in [1.54, 1.807) is 0 Å². The van der Waals surface area contributed by atoms with Crippen LogP contribution < -0.4 is 15.5 Å². The topological polar surface area (TPSA) is 56.3 Å². The normalized spacial score (nSPS) is 15.4. The van der Waals surface area contributed by atoms with Crippen molar-refractivity contribution < 1.29 is 0 Å². The van der Waals surface area contributed by atoms with Crippen LogP contribution in [0.25, 0.3) is 0 Å². The Morgan fingerprint density at radius 3 is 2.50 bits per heavy atom. The molecule has 1 saturated heterocycles. The number of piperazine rings is 1. The highest BCUT2D eigenvalue weighted by atomic mass is 35.5. The lowest BCUT2D eigenvalue weighted by atomic mass is 10.2. The average Bonchev–Trinajstić information content (AvgIpc) is 2.63. The lowest BCUT2D eigenvalue weighted by Crippen LogP contribution is -2.46. The highest BCUT2D eigenvalue weighted by Gasteiger charge is 2.16. The number of anilines is 4. The van der Waals surface area contributed by atoms with E-state index in [4.69, 9.17) is 11.6 Å². The van der Waals surface area contributed by atoms with Gasteiger partial charge in [-0.15, -0.1) is 0 Å². The highest BCUT2D eigenvalue weighted by Crippen LogP contribution is 2.30. The van der Waals surface area contributed by atoms with E-state index in [2.05, 4.69) is 43.4 Å². The molecule has 0 radical (unpaired) electrons. The smallest absolute Gasteiger partial charge is 0.135 e. The summed E-state index contributed by atoms with van der Waals surface area (Å²) >= 11 is 6.47. The van der Waals surface area contributed by atoms with Gasteiger partial charge in [0.2, 0.25) is 0 Å². The second-order valence-electron chi connectivity index (χ2n) is 5.75. The van der Waals surface area contributed by atoms with Gasteiger partial charge in [0.05, 0.1) is 10.7 Å². The molecule has 0 saturated carbocycles. The zero-order valence-corrected chi connectivity index (χ0v) is 14.8. The van der Waals surface area contributed by atoms with E-state index in [-0.39, 0.29) is 0 Å². The lowest BCUT2D eigenvalue weighted by molar-refractivity contribution is 0.271. The summed E-state index contributed by atoms with van der Waals surface area (Å²) in [6.07, 6.45) is 1.52. The quantitative estimate of drug-likeness (QED) is 0.867. The molecule has 1 aliphatic rings. The van der Waals surface area contributed by atoms with Crippen LogP contribution in [0.2, 0.25) is 5.02 Å². The lowest BCUT2D eigenvalue weighted by Gasteiger charge is -2.35. The molecule has 0 bridgehead atoms. The van der Waals surface area contributed by atoms with Crippen LogP contribution in [0.3, 0.4) is 0 Å². The Bertz CT molecular complexity index is 685. The number of hydrogen-bond donors (Lipinski definition) is 2. The van der Waals surface area contributed by atoms with Crippen molar-refractivity contribution in [3.63, 3.8) is 0 Å². The van der Waals surface area contributed by atoms with Crippen LogP contribution in [0.15, 0.2) is 30.6 Å². The van der Waals surface area contributed by atoms with Crippen molar-refractivity contribution in [3.05, 3.63) is 35.6 Å². The molecule has 2 N–H and O–H groups in total. The van der Waals surface area contributed by atoms with Gasteiger partial charge in [-0.1, -0.05) is 18.5 Å². The molecule has 0 spiro atoms. The predicted octanol–water partition coefficient (Wildman–Crippen LogP) is 3.06.